The van der Waals surface area contributed by atoms with Crippen molar-refractivity contribution in [3.8, 4) is 0 Å². The molecule has 6 rings (SSSR count). The van der Waals surface area contributed by atoms with Crippen LogP contribution < -0.4 is 29.0 Å². The molecule has 0 fully saturated rings. The van der Waals surface area contributed by atoms with Crippen LogP contribution in [0.25, 0.3) is 5.32 Å². The molecule has 1 N–H and O–H groups in total. The average molecular weight is 864 g/mol. The molecule has 6 aromatic rings. The smallest absolute Gasteiger partial charge is 1.00 e. The first kappa shape index (κ1) is 46.4. The minimum Gasteiger partial charge on any atom is -1.00 e. The third kappa shape index (κ3) is 12.5. The Hall–Kier alpha value is -4.01. The maximum Gasteiger partial charge on any atom is 2.00 e. The molecular weight excluding hydrogens is 808 g/mol. The number of hydrogen-bond acceptors (Lipinski definition) is 1. The van der Waals surface area contributed by atoms with Crippen LogP contribution in [-0.2, 0) is 4.74 Å². The summed E-state index contributed by atoms with van der Waals surface area (Å²) >= 11 is 0. The van der Waals surface area contributed by atoms with Crippen molar-refractivity contribution in [1.29, 1.82) is 0 Å². The molecule has 5 heteroatoms. The summed E-state index contributed by atoms with van der Waals surface area (Å²) in [6.07, 6.45) is 2.17. The van der Waals surface area contributed by atoms with E-state index in [0.29, 0.717) is 0 Å². The van der Waals surface area contributed by atoms with Crippen LogP contribution in [0, 0.1) is 27.7 Å². The molecule has 0 saturated heterocycles. The quantitative estimate of drug-likeness (QED) is 0.0569. The summed E-state index contributed by atoms with van der Waals surface area (Å²) in [6, 6.07) is 52.4. The second-order valence-corrected chi connectivity index (χ2v) is 14.1. The van der Waals surface area contributed by atoms with E-state index in [1.54, 1.807) is 0 Å². The predicted molar refractivity (Wildman–Crippen MR) is 235 cm³/mol. The second kappa shape index (κ2) is 23.3. The maximum atomic E-state index is 5.34. The summed E-state index contributed by atoms with van der Waals surface area (Å²) in [5.41, 5.74) is 16.6. The largest absolute Gasteiger partial charge is 2.00 e. The van der Waals surface area contributed by atoms with Gasteiger partial charge in [-0.05, 0) is 82.0 Å². The Balaban J connectivity index is 0.00000113. The normalized spacial score (nSPS) is 11.3. The molecule has 0 amide bonds. The van der Waals surface area contributed by atoms with Crippen LogP contribution >= 0.6 is 0 Å². The van der Waals surface area contributed by atoms with Gasteiger partial charge in [-0.15, -0.1) is 5.69 Å². The Morgan fingerprint density at radius 3 is 1.34 bits per heavy atom. The van der Waals surface area contributed by atoms with Crippen molar-refractivity contribution in [3.63, 3.8) is 0 Å². The Labute approximate surface area is 369 Å². The Bertz CT molecular complexity index is 2070. The molecule has 0 heterocycles. The van der Waals surface area contributed by atoms with Gasteiger partial charge in [-0.1, -0.05) is 163 Å². The van der Waals surface area contributed by atoms with E-state index in [4.69, 9.17) is 10.1 Å². The fourth-order valence-electron chi connectivity index (χ4n) is 7.41. The first-order valence-corrected chi connectivity index (χ1v) is 19.2. The summed E-state index contributed by atoms with van der Waals surface area (Å²) in [6.45, 7) is 18.7. The van der Waals surface area contributed by atoms with E-state index in [0.717, 1.165) is 36.0 Å². The number of benzene rings is 6. The third-order valence-electron chi connectivity index (χ3n) is 9.58. The number of hydrogen-bond donors (Lipinski definition) is 1. The first-order valence-electron chi connectivity index (χ1n) is 19.2. The van der Waals surface area contributed by atoms with Crippen LogP contribution in [0.2, 0.25) is 0 Å². The number of nitrogens with zero attached hydrogens (tertiary/aromatic N) is 1. The van der Waals surface area contributed by atoms with Gasteiger partial charge in [0.05, 0.1) is 0 Å². The van der Waals surface area contributed by atoms with Crippen LogP contribution in [0.5, 0.6) is 0 Å². The van der Waals surface area contributed by atoms with Gasteiger partial charge in [0.25, 0.3) is 0 Å². The predicted octanol–water partition coefficient (Wildman–Crippen LogP) is 8.73. The van der Waals surface area contributed by atoms with Crippen LogP contribution in [-0.4, -0.2) is 42.0 Å². The van der Waals surface area contributed by atoms with Gasteiger partial charge >= 0.3 is 23.1 Å². The zero-order valence-corrected chi connectivity index (χ0v) is 38.0. The van der Waals surface area contributed by atoms with Crippen LogP contribution in [0.3, 0.4) is 0 Å². The number of aryl methyl sites for hydroxylation is 4. The minimum absolute atomic E-state index is 0. The van der Waals surface area contributed by atoms with E-state index in [-0.39, 0.29) is 58.9 Å². The van der Waals surface area contributed by atoms with Gasteiger partial charge in [0.2, 0.25) is 5.69 Å². The molecule has 0 radical (unpaired) electrons. The third-order valence-corrected chi connectivity index (χ3v) is 9.58. The topological polar surface area (TPSA) is 37.3 Å². The van der Waals surface area contributed by atoms with Crippen molar-refractivity contribution in [1.82, 2.24) is 0 Å². The Morgan fingerprint density at radius 2 is 0.946 bits per heavy atom. The average Bonchev–Trinajstić information content (AvgIpc) is 3.17. The summed E-state index contributed by atoms with van der Waals surface area (Å²) in [7, 11) is 0. The molecule has 0 aliphatic heterocycles. The van der Waals surface area contributed by atoms with Gasteiger partial charge in [0.15, 0.2) is 5.71 Å². The molecule has 0 aliphatic rings. The summed E-state index contributed by atoms with van der Waals surface area (Å²) in [4.78, 5) is 3.84. The number of nitrogens with one attached hydrogen (secondary N) is 1. The van der Waals surface area contributed by atoms with Crippen LogP contribution in [0.1, 0.15) is 95.2 Å². The van der Waals surface area contributed by atoms with E-state index < -0.39 is 0 Å². The van der Waals surface area contributed by atoms with E-state index in [1.165, 1.54) is 55.6 Å². The van der Waals surface area contributed by atoms with Crippen molar-refractivity contribution in [3.05, 3.63) is 218 Å². The number of halogens is 1. The second-order valence-electron chi connectivity index (χ2n) is 14.1. The molecule has 56 heavy (non-hydrogen) atoms. The molecule has 0 aromatic heterocycles. The zero-order valence-electron chi connectivity index (χ0n) is 34.4. The van der Waals surface area contributed by atoms with Gasteiger partial charge in [-0.2, -0.15) is 5.70 Å². The number of allylic oxidation sites excluding steroid dienone is 2. The van der Waals surface area contributed by atoms with Crippen LogP contribution in [0.15, 0.2) is 157 Å². The molecule has 6 aromatic carbocycles. The van der Waals surface area contributed by atoms with Crippen molar-refractivity contribution in [2.45, 2.75) is 67.2 Å². The number of ether oxygens (including phenoxy) is 1. The molecule has 3 nitrogen and oxygen atoms in total. The zero-order chi connectivity index (χ0) is 38.5. The fourth-order valence-corrected chi connectivity index (χ4v) is 7.41. The summed E-state index contributed by atoms with van der Waals surface area (Å²) in [5.74, 6) is 0.165. The Kier molecular flexibility index (Phi) is 19.3. The van der Waals surface area contributed by atoms with Crippen molar-refractivity contribution in [2.75, 3.05) is 13.2 Å². The SMILES string of the molecule is CC(/C=C(/C)[N-]c1c(C)cc(C)cc1C(c1ccccc1)c1ccccc1)=[NH+]c1c(C)cc(C)cc1C(c1ccccc1)c1ccccc1.CCOCC.[I-].[Mg+2]. The van der Waals surface area contributed by atoms with Crippen molar-refractivity contribution in [2.24, 2.45) is 0 Å². The van der Waals surface area contributed by atoms with Gasteiger partial charge < -0.3 is 34.0 Å². The first-order chi connectivity index (χ1) is 26.2. The monoisotopic (exact) mass is 863 g/mol. The molecular formula is C51H56IMgN2O+. The standard InChI is InChI=1S/C47H45N2.C4H10O.HI.Mg/c1-32-27-34(3)46(42(29-32)44(38-19-11-7-12-20-38)39-21-13-8-14-22-39)48-36(5)31-37(6)49-47-35(4)28-33(2)30-43(47)45(40-23-15-9-16-24-40)41-25-17-10-18-26-41;1-3-5-4-2;;/h7-31,44-45H,1-6H3;3-4H2,1-2H3;1H;/q-1;;;+2/b36-31-,49-37?;;;. The molecule has 284 valence electrons. The maximum absolute atomic E-state index is 5.34. The van der Waals surface area contributed by atoms with Gasteiger partial charge in [-0.3, -0.25) is 0 Å². The minimum atomic E-state index is 0. The molecule has 0 saturated carbocycles. The van der Waals surface area contributed by atoms with E-state index in [1.807, 2.05) is 13.8 Å². The molecule has 0 unspecified atom stereocenters. The fraction of sp³-hybridized carbons (Fsp3) is 0.235. The molecule has 0 atom stereocenters. The van der Waals surface area contributed by atoms with Gasteiger partial charge in [0, 0.05) is 43.1 Å². The summed E-state index contributed by atoms with van der Waals surface area (Å²) < 4.78 is 4.83. The molecule has 0 aliphatic carbocycles. The van der Waals surface area contributed by atoms with E-state index >= 15 is 0 Å². The van der Waals surface area contributed by atoms with Gasteiger partial charge in [0.1, 0.15) is 0 Å². The molecule has 0 bridgehead atoms. The van der Waals surface area contributed by atoms with Crippen molar-refractivity contribution < 1.29 is 33.7 Å². The van der Waals surface area contributed by atoms with Crippen molar-refractivity contribution >= 4 is 40.1 Å². The van der Waals surface area contributed by atoms with E-state index in [9.17, 15) is 0 Å². The summed E-state index contributed by atoms with van der Waals surface area (Å²) in [5, 5.41) is 5.34. The van der Waals surface area contributed by atoms with Crippen LogP contribution in [0.4, 0.5) is 11.4 Å². The Morgan fingerprint density at radius 1 is 0.571 bits per heavy atom. The van der Waals surface area contributed by atoms with Gasteiger partial charge in [-0.25, -0.2) is 4.99 Å². The molecule has 0 spiro atoms. The van der Waals surface area contributed by atoms with E-state index in [2.05, 4.69) is 198 Å². The number of rotatable bonds is 12.